The molecule has 108 valence electrons. The standard InChI is InChI=1S/C16H16N2O3/c1-19-10-7-8-11-12(9-10)18-16(17-11)15-13(20-2)5-4-6-14(15)21-3/h4-9H,1-3H3,(H,17,18). The molecule has 1 heterocycles. The van der Waals surface area contributed by atoms with Crippen LogP contribution in [0.15, 0.2) is 36.4 Å². The minimum absolute atomic E-state index is 0.701. The predicted octanol–water partition coefficient (Wildman–Crippen LogP) is 3.26. The molecule has 0 bridgehead atoms. The summed E-state index contributed by atoms with van der Waals surface area (Å²) < 4.78 is 16.1. The maximum Gasteiger partial charge on any atom is 0.146 e. The molecule has 0 atom stereocenters. The molecule has 3 aromatic rings. The van der Waals surface area contributed by atoms with Crippen LogP contribution in [0.4, 0.5) is 0 Å². The number of hydrogen-bond acceptors (Lipinski definition) is 4. The highest BCUT2D eigenvalue weighted by molar-refractivity contribution is 5.83. The lowest BCUT2D eigenvalue weighted by Crippen LogP contribution is -1.93. The van der Waals surface area contributed by atoms with Gasteiger partial charge in [-0.1, -0.05) is 6.07 Å². The Morgan fingerprint density at radius 2 is 1.62 bits per heavy atom. The van der Waals surface area contributed by atoms with Gasteiger partial charge in [-0.3, -0.25) is 0 Å². The van der Waals surface area contributed by atoms with Gasteiger partial charge in [0, 0.05) is 6.07 Å². The monoisotopic (exact) mass is 284 g/mol. The first-order chi connectivity index (χ1) is 10.3. The highest BCUT2D eigenvalue weighted by atomic mass is 16.5. The fourth-order valence-corrected chi connectivity index (χ4v) is 2.32. The van der Waals surface area contributed by atoms with Gasteiger partial charge in [0.05, 0.1) is 32.4 Å². The van der Waals surface area contributed by atoms with Crippen molar-refractivity contribution in [2.45, 2.75) is 0 Å². The van der Waals surface area contributed by atoms with E-state index in [1.807, 2.05) is 36.4 Å². The van der Waals surface area contributed by atoms with Crippen LogP contribution in [0.2, 0.25) is 0 Å². The van der Waals surface area contributed by atoms with Gasteiger partial charge in [-0.05, 0) is 24.3 Å². The van der Waals surface area contributed by atoms with Crippen molar-refractivity contribution < 1.29 is 14.2 Å². The van der Waals surface area contributed by atoms with Crippen LogP contribution in [0.25, 0.3) is 22.4 Å². The zero-order valence-corrected chi connectivity index (χ0v) is 12.1. The fourth-order valence-electron chi connectivity index (χ4n) is 2.32. The second kappa shape index (κ2) is 5.36. The van der Waals surface area contributed by atoms with Crippen molar-refractivity contribution in [1.29, 1.82) is 0 Å². The lowest BCUT2D eigenvalue weighted by atomic mass is 10.1. The lowest BCUT2D eigenvalue weighted by molar-refractivity contribution is 0.397. The van der Waals surface area contributed by atoms with Gasteiger partial charge in [0.25, 0.3) is 0 Å². The Hall–Kier alpha value is -2.69. The van der Waals surface area contributed by atoms with E-state index in [-0.39, 0.29) is 0 Å². The smallest absolute Gasteiger partial charge is 0.146 e. The third-order valence-electron chi connectivity index (χ3n) is 3.35. The Labute approximate surface area is 122 Å². The summed E-state index contributed by atoms with van der Waals surface area (Å²) in [6.45, 7) is 0. The van der Waals surface area contributed by atoms with Crippen molar-refractivity contribution in [3.63, 3.8) is 0 Å². The van der Waals surface area contributed by atoms with E-state index in [1.54, 1.807) is 21.3 Å². The largest absolute Gasteiger partial charge is 0.497 e. The van der Waals surface area contributed by atoms with Crippen molar-refractivity contribution in [2.75, 3.05) is 21.3 Å². The molecule has 0 fully saturated rings. The summed E-state index contributed by atoms with van der Waals surface area (Å²) in [4.78, 5) is 7.89. The van der Waals surface area contributed by atoms with Crippen LogP contribution in [-0.4, -0.2) is 31.3 Å². The topological polar surface area (TPSA) is 56.4 Å². The van der Waals surface area contributed by atoms with Crippen LogP contribution in [-0.2, 0) is 0 Å². The second-order valence-electron chi connectivity index (χ2n) is 4.51. The lowest BCUT2D eigenvalue weighted by Gasteiger charge is -2.10. The number of aromatic nitrogens is 2. The van der Waals surface area contributed by atoms with Gasteiger partial charge in [-0.2, -0.15) is 0 Å². The zero-order chi connectivity index (χ0) is 14.8. The van der Waals surface area contributed by atoms with E-state index in [9.17, 15) is 0 Å². The summed E-state index contributed by atoms with van der Waals surface area (Å²) in [6, 6.07) is 11.3. The predicted molar refractivity (Wildman–Crippen MR) is 81.2 cm³/mol. The van der Waals surface area contributed by atoms with E-state index in [0.29, 0.717) is 17.3 Å². The second-order valence-corrected chi connectivity index (χ2v) is 4.51. The van der Waals surface area contributed by atoms with Crippen LogP contribution < -0.4 is 14.2 Å². The number of ether oxygens (including phenoxy) is 3. The minimum atomic E-state index is 0.701. The van der Waals surface area contributed by atoms with E-state index >= 15 is 0 Å². The number of rotatable bonds is 4. The van der Waals surface area contributed by atoms with Crippen LogP contribution in [0.3, 0.4) is 0 Å². The molecule has 0 saturated carbocycles. The quantitative estimate of drug-likeness (QED) is 0.799. The number of aromatic amines is 1. The number of fused-ring (bicyclic) bond motifs is 1. The number of methoxy groups -OCH3 is 3. The molecular weight excluding hydrogens is 268 g/mol. The maximum atomic E-state index is 5.42. The third-order valence-corrected chi connectivity index (χ3v) is 3.35. The van der Waals surface area contributed by atoms with Gasteiger partial charge in [0.15, 0.2) is 0 Å². The Kier molecular flexibility index (Phi) is 3.39. The molecule has 0 amide bonds. The van der Waals surface area contributed by atoms with Crippen LogP contribution in [0.1, 0.15) is 0 Å². The SMILES string of the molecule is COc1ccc2nc(-c3c(OC)cccc3OC)[nH]c2c1. The molecule has 5 nitrogen and oxygen atoms in total. The van der Waals surface area contributed by atoms with E-state index in [0.717, 1.165) is 22.3 Å². The summed E-state index contributed by atoms with van der Waals surface area (Å²) in [5.41, 5.74) is 2.56. The van der Waals surface area contributed by atoms with Crippen LogP contribution in [0.5, 0.6) is 17.2 Å². The van der Waals surface area contributed by atoms with Gasteiger partial charge < -0.3 is 19.2 Å². The van der Waals surface area contributed by atoms with Crippen molar-refractivity contribution >= 4 is 11.0 Å². The Morgan fingerprint density at radius 1 is 0.905 bits per heavy atom. The number of hydrogen-bond donors (Lipinski definition) is 1. The molecule has 0 aliphatic carbocycles. The Morgan fingerprint density at radius 3 is 2.24 bits per heavy atom. The third kappa shape index (κ3) is 2.27. The number of nitrogens with zero attached hydrogens (tertiary/aromatic N) is 1. The number of nitrogens with one attached hydrogen (secondary N) is 1. The fraction of sp³-hybridized carbons (Fsp3) is 0.188. The molecule has 3 rings (SSSR count). The molecule has 5 heteroatoms. The van der Waals surface area contributed by atoms with Crippen molar-refractivity contribution in [2.24, 2.45) is 0 Å². The molecule has 0 aliphatic rings. The maximum absolute atomic E-state index is 5.42. The molecule has 0 aliphatic heterocycles. The average Bonchev–Trinajstić information content (AvgIpc) is 2.96. The molecule has 21 heavy (non-hydrogen) atoms. The van der Waals surface area contributed by atoms with Gasteiger partial charge in [0.1, 0.15) is 28.6 Å². The Balaban J connectivity index is 2.20. The highest BCUT2D eigenvalue weighted by Gasteiger charge is 2.16. The van der Waals surface area contributed by atoms with E-state index in [4.69, 9.17) is 14.2 Å². The number of imidazole rings is 1. The van der Waals surface area contributed by atoms with Gasteiger partial charge in [0.2, 0.25) is 0 Å². The van der Waals surface area contributed by atoms with E-state index < -0.39 is 0 Å². The molecule has 0 spiro atoms. The molecule has 1 N–H and O–H groups in total. The van der Waals surface area contributed by atoms with Crippen LogP contribution >= 0.6 is 0 Å². The summed E-state index contributed by atoms with van der Waals surface area (Å²) in [6.07, 6.45) is 0. The summed E-state index contributed by atoms with van der Waals surface area (Å²) in [7, 11) is 4.90. The van der Waals surface area contributed by atoms with Gasteiger partial charge in [-0.15, -0.1) is 0 Å². The van der Waals surface area contributed by atoms with Crippen molar-refractivity contribution in [3.05, 3.63) is 36.4 Å². The van der Waals surface area contributed by atoms with E-state index in [1.165, 1.54) is 0 Å². The minimum Gasteiger partial charge on any atom is -0.497 e. The normalized spacial score (nSPS) is 10.6. The summed E-state index contributed by atoms with van der Waals surface area (Å²) in [5, 5.41) is 0. The molecule has 0 radical (unpaired) electrons. The average molecular weight is 284 g/mol. The van der Waals surface area contributed by atoms with E-state index in [2.05, 4.69) is 9.97 Å². The first-order valence-corrected chi connectivity index (χ1v) is 6.52. The molecule has 1 aromatic heterocycles. The Bertz CT molecular complexity index is 758. The summed E-state index contributed by atoms with van der Waals surface area (Å²) in [5.74, 6) is 2.90. The first-order valence-electron chi connectivity index (χ1n) is 6.52. The number of benzene rings is 2. The van der Waals surface area contributed by atoms with Crippen molar-refractivity contribution in [1.82, 2.24) is 9.97 Å². The van der Waals surface area contributed by atoms with Gasteiger partial charge in [-0.25, -0.2) is 4.98 Å². The highest BCUT2D eigenvalue weighted by Crippen LogP contribution is 2.37. The molecule has 0 unspecified atom stereocenters. The number of H-pyrrole nitrogens is 1. The molecular formula is C16H16N2O3. The molecule has 2 aromatic carbocycles. The summed E-state index contributed by atoms with van der Waals surface area (Å²) >= 11 is 0. The molecule has 0 saturated heterocycles. The first kappa shape index (κ1) is 13.3. The van der Waals surface area contributed by atoms with Crippen LogP contribution in [0, 0.1) is 0 Å². The zero-order valence-electron chi connectivity index (χ0n) is 12.1. The van der Waals surface area contributed by atoms with Gasteiger partial charge >= 0.3 is 0 Å². The van der Waals surface area contributed by atoms with Crippen molar-refractivity contribution in [3.8, 4) is 28.6 Å².